The normalized spacial score (nSPS) is 13.9. The van der Waals surface area contributed by atoms with Gasteiger partial charge < -0.3 is 20.2 Å². The third kappa shape index (κ3) is 5.71. The smallest absolute Gasteiger partial charge is 0.191 e. The van der Waals surface area contributed by atoms with Gasteiger partial charge in [-0.25, -0.2) is 9.67 Å². The molecule has 1 unspecified atom stereocenters. The van der Waals surface area contributed by atoms with E-state index >= 15 is 0 Å². The number of guanidine groups is 1. The van der Waals surface area contributed by atoms with E-state index in [0.717, 1.165) is 30.0 Å². The Morgan fingerprint density at radius 3 is 2.69 bits per heavy atom. The van der Waals surface area contributed by atoms with Crippen molar-refractivity contribution in [2.75, 3.05) is 19.6 Å². The first-order chi connectivity index (χ1) is 14.0. The Labute approximate surface area is 171 Å². The summed E-state index contributed by atoms with van der Waals surface area (Å²) < 4.78 is 7.42. The highest BCUT2D eigenvalue weighted by Gasteiger charge is 2.26. The van der Waals surface area contributed by atoms with E-state index in [1.807, 2.05) is 67.3 Å². The van der Waals surface area contributed by atoms with Crippen molar-refractivity contribution < 1.29 is 9.52 Å². The Morgan fingerprint density at radius 1 is 1.21 bits per heavy atom. The molecule has 0 aliphatic heterocycles. The van der Waals surface area contributed by atoms with E-state index in [9.17, 15) is 5.11 Å². The molecule has 0 saturated heterocycles. The van der Waals surface area contributed by atoms with Crippen LogP contribution in [0.5, 0.6) is 0 Å². The maximum atomic E-state index is 10.7. The van der Waals surface area contributed by atoms with E-state index in [4.69, 9.17) is 4.42 Å². The number of aromatic nitrogens is 2. The van der Waals surface area contributed by atoms with Crippen LogP contribution < -0.4 is 10.6 Å². The lowest BCUT2D eigenvalue weighted by Crippen LogP contribution is -2.39. The van der Waals surface area contributed by atoms with Crippen LogP contribution in [0.1, 0.15) is 30.9 Å². The maximum absolute atomic E-state index is 10.7. The lowest BCUT2D eigenvalue weighted by Gasteiger charge is -2.19. The summed E-state index contributed by atoms with van der Waals surface area (Å²) in [5.74, 6) is 1.94. The average Bonchev–Trinajstić information content (AvgIpc) is 3.36. The van der Waals surface area contributed by atoms with Crippen LogP contribution in [0.15, 0.2) is 64.3 Å². The molecule has 3 N–H and O–H groups in total. The molecule has 0 aliphatic carbocycles. The molecule has 1 atom stereocenters. The number of hydrogen-bond acceptors (Lipinski definition) is 4. The maximum Gasteiger partial charge on any atom is 0.191 e. The van der Waals surface area contributed by atoms with Gasteiger partial charge in [0.15, 0.2) is 5.96 Å². The van der Waals surface area contributed by atoms with Crippen LogP contribution in [-0.2, 0) is 12.0 Å². The zero-order valence-electron chi connectivity index (χ0n) is 17.2. The molecule has 3 rings (SSSR count). The Kier molecular flexibility index (Phi) is 6.72. The highest BCUT2D eigenvalue weighted by atomic mass is 16.4. The molecule has 3 aromatic rings. The van der Waals surface area contributed by atoms with Crippen molar-refractivity contribution in [3.8, 4) is 5.69 Å². The van der Waals surface area contributed by atoms with Crippen molar-refractivity contribution in [1.29, 1.82) is 0 Å². The van der Waals surface area contributed by atoms with Crippen LogP contribution in [-0.4, -0.2) is 40.5 Å². The minimum Gasteiger partial charge on any atom is -0.463 e. The van der Waals surface area contributed by atoms with Gasteiger partial charge in [0.1, 0.15) is 17.1 Å². The van der Waals surface area contributed by atoms with Crippen LogP contribution in [0.3, 0.4) is 0 Å². The largest absolute Gasteiger partial charge is 0.463 e. The standard InChI is InChI=1S/C22H29N5O2/c1-4-23-21(25-16-22(3,28)20-11-10-17(2)29-20)24-13-12-18-14-26-27(15-18)19-8-6-5-7-9-19/h5-11,14-15,28H,4,12-13,16H2,1-3H3,(H2,23,24,25). The molecule has 2 aromatic heterocycles. The molecule has 0 saturated carbocycles. The molecule has 0 bridgehead atoms. The van der Waals surface area contributed by atoms with Crippen LogP contribution in [0.4, 0.5) is 0 Å². The number of benzene rings is 1. The number of nitrogens with zero attached hydrogens (tertiary/aromatic N) is 3. The van der Waals surface area contributed by atoms with Gasteiger partial charge in [0.05, 0.1) is 18.4 Å². The SMILES string of the molecule is CCNC(=NCC(C)(O)c1ccc(C)o1)NCCc1cnn(-c2ccccc2)c1. The van der Waals surface area contributed by atoms with Gasteiger partial charge in [-0.3, -0.25) is 0 Å². The zero-order valence-corrected chi connectivity index (χ0v) is 17.2. The van der Waals surface area contributed by atoms with Crippen molar-refractivity contribution in [2.45, 2.75) is 32.8 Å². The van der Waals surface area contributed by atoms with Gasteiger partial charge in [-0.15, -0.1) is 0 Å². The Balaban J connectivity index is 1.55. The highest BCUT2D eigenvalue weighted by Crippen LogP contribution is 2.23. The van der Waals surface area contributed by atoms with Crippen LogP contribution in [0.25, 0.3) is 5.69 Å². The van der Waals surface area contributed by atoms with E-state index in [1.165, 1.54) is 0 Å². The van der Waals surface area contributed by atoms with Crippen molar-refractivity contribution in [1.82, 2.24) is 20.4 Å². The average molecular weight is 396 g/mol. The molecule has 154 valence electrons. The minimum atomic E-state index is -1.16. The molecule has 0 amide bonds. The number of hydrogen-bond donors (Lipinski definition) is 3. The molecule has 7 heteroatoms. The molecular formula is C22H29N5O2. The predicted octanol–water partition coefficient (Wildman–Crippen LogP) is 2.78. The van der Waals surface area contributed by atoms with Crippen molar-refractivity contribution in [2.24, 2.45) is 4.99 Å². The zero-order chi connectivity index (χ0) is 20.7. The van der Waals surface area contributed by atoms with E-state index < -0.39 is 5.60 Å². The van der Waals surface area contributed by atoms with E-state index in [0.29, 0.717) is 18.3 Å². The Morgan fingerprint density at radius 2 is 2.00 bits per heavy atom. The van der Waals surface area contributed by atoms with Gasteiger partial charge in [0.2, 0.25) is 0 Å². The lowest BCUT2D eigenvalue weighted by molar-refractivity contribution is 0.0428. The fourth-order valence-electron chi connectivity index (χ4n) is 2.91. The van der Waals surface area contributed by atoms with Crippen molar-refractivity contribution >= 4 is 5.96 Å². The van der Waals surface area contributed by atoms with Gasteiger partial charge in [-0.05, 0) is 57.0 Å². The number of aryl methyl sites for hydroxylation is 1. The fourth-order valence-corrected chi connectivity index (χ4v) is 2.91. The van der Waals surface area contributed by atoms with E-state index in [1.54, 1.807) is 13.0 Å². The molecule has 7 nitrogen and oxygen atoms in total. The van der Waals surface area contributed by atoms with Gasteiger partial charge in [-0.1, -0.05) is 18.2 Å². The van der Waals surface area contributed by atoms with Crippen LogP contribution in [0, 0.1) is 6.92 Å². The molecule has 1 aromatic carbocycles. The molecule has 0 fully saturated rings. The summed E-state index contributed by atoms with van der Waals surface area (Å²) >= 11 is 0. The van der Waals surface area contributed by atoms with Gasteiger partial charge in [-0.2, -0.15) is 5.10 Å². The molecule has 2 heterocycles. The summed E-state index contributed by atoms with van der Waals surface area (Å²) in [6.45, 7) is 7.20. The topological polar surface area (TPSA) is 87.6 Å². The third-order valence-corrected chi connectivity index (χ3v) is 4.52. The molecule has 0 spiro atoms. The minimum absolute atomic E-state index is 0.196. The number of furan rings is 1. The van der Waals surface area contributed by atoms with E-state index in [-0.39, 0.29) is 6.54 Å². The number of rotatable bonds is 8. The first-order valence-corrected chi connectivity index (χ1v) is 9.88. The Hall–Kier alpha value is -3.06. The monoisotopic (exact) mass is 395 g/mol. The lowest BCUT2D eigenvalue weighted by atomic mass is 10.0. The quantitative estimate of drug-likeness (QED) is 0.403. The van der Waals surface area contributed by atoms with E-state index in [2.05, 4.69) is 20.7 Å². The summed E-state index contributed by atoms with van der Waals surface area (Å²) in [5.41, 5.74) is 1.01. The molecule has 0 aliphatic rings. The van der Waals surface area contributed by atoms with Gasteiger partial charge >= 0.3 is 0 Å². The van der Waals surface area contributed by atoms with Crippen molar-refractivity contribution in [3.05, 3.63) is 71.9 Å². The second kappa shape index (κ2) is 9.43. The number of aliphatic imine (C=N–C) groups is 1. The summed E-state index contributed by atoms with van der Waals surface area (Å²) in [6.07, 6.45) is 4.72. The third-order valence-electron chi connectivity index (χ3n) is 4.52. The number of para-hydroxylation sites is 1. The Bertz CT molecular complexity index is 928. The van der Waals surface area contributed by atoms with Crippen molar-refractivity contribution in [3.63, 3.8) is 0 Å². The molecule has 0 radical (unpaired) electrons. The molecular weight excluding hydrogens is 366 g/mol. The van der Waals surface area contributed by atoms with Gasteiger partial charge in [0, 0.05) is 19.3 Å². The summed E-state index contributed by atoms with van der Waals surface area (Å²) in [5, 5.41) is 21.6. The first kappa shape index (κ1) is 20.7. The van der Waals surface area contributed by atoms with Crippen LogP contribution in [0.2, 0.25) is 0 Å². The summed E-state index contributed by atoms with van der Waals surface area (Å²) in [4.78, 5) is 4.52. The number of aliphatic hydroxyl groups is 1. The predicted molar refractivity (Wildman–Crippen MR) is 114 cm³/mol. The van der Waals surface area contributed by atoms with Crippen LogP contribution >= 0.6 is 0 Å². The number of nitrogens with one attached hydrogen (secondary N) is 2. The first-order valence-electron chi connectivity index (χ1n) is 9.88. The summed E-state index contributed by atoms with van der Waals surface area (Å²) in [7, 11) is 0. The molecule has 29 heavy (non-hydrogen) atoms. The summed E-state index contributed by atoms with van der Waals surface area (Å²) in [6, 6.07) is 13.7. The second-order valence-corrected chi connectivity index (χ2v) is 7.18. The fraction of sp³-hybridized carbons (Fsp3) is 0.364. The highest BCUT2D eigenvalue weighted by molar-refractivity contribution is 5.79. The second-order valence-electron chi connectivity index (χ2n) is 7.18. The van der Waals surface area contributed by atoms with Gasteiger partial charge in [0.25, 0.3) is 0 Å².